The SMILES string of the molecule is CC(C)(O)c1cn(C[C@@H]2CCC[C@@H]2NC(=O)c2ccccc2F)nn1. The van der Waals surface area contributed by atoms with Gasteiger partial charge in [-0.25, -0.2) is 4.39 Å². The molecule has 3 rings (SSSR count). The Labute approximate surface area is 146 Å². The highest BCUT2D eigenvalue weighted by Gasteiger charge is 2.30. The van der Waals surface area contributed by atoms with Crippen molar-refractivity contribution in [3.63, 3.8) is 0 Å². The van der Waals surface area contributed by atoms with E-state index in [1.54, 1.807) is 36.9 Å². The first-order chi connectivity index (χ1) is 11.8. The molecule has 0 bridgehead atoms. The number of carbonyl (C=O) groups is 1. The topological polar surface area (TPSA) is 80.0 Å². The lowest BCUT2D eigenvalue weighted by Gasteiger charge is -2.21. The molecular weight excluding hydrogens is 323 g/mol. The molecule has 1 aliphatic carbocycles. The Balaban J connectivity index is 1.66. The molecule has 1 saturated carbocycles. The number of rotatable bonds is 5. The number of hydrogen-bond donors (Lipinski definition) is 2. The fraction of sp³-hybridized carbons (Fsp3) is 0.500. The number of carbonyl (C=O) groups excluding carboxylic acids is 1. The number of nitrogens with one attached hydrogen (secondary N) is 1. The van der Waals surface area contributed by atoms with Gasteiger partial charge in [0.2, 0.25) is 0 Å². The van der Waals surface area contributed by atoms with E-state index < -0.39 is 11.4 Å². The van der Waals surface area contributed by atoms with Crippen molar-refractivity contribution in [1.29, 1.82) is 0 Å². The summed E-state index contributed by atoms with van der Waals surface area (Å²) < 4.78 is 15.5. The molecule has 0 unspecified atom stereocenters. The highest BCUT2D eigenvalue weighted by molar-refractivity contribution is 5.94. The Kier molecular flexibility index (Phi) is 4.85. The van der Waals surface area contributed by atoms with Crippen LogP contribution in [0.2, 0.25) is 0 Å². The highest BCUT2D eigenvalue weighted by atomic mass is 19.1. The van der Waals surface area contributed by atoms with Gasteiger partial charge in [0, 0.05) is 12.6 Å². The van der Waals surface area contributed by atoms with Crippen molar-refractivity contribution in [1.82, 2.24) is 20.3 Å². The number of aromatic nitrogens is 3. The number of halogens is 1. The van der Waals surface area contributed by atoms with E-state index in [4.69, 9.17) is 0 Å². The molecule has 0 saturated heterocycles. The van der Waals surface area contributed by atoms with Crippen LogP contribution in [0.25, 0.3) is 0 Å². The van der Waals surface area contributed by atoms with Gasteiger partial charge in [-0.2, -0.15) is 0 Å². The molecule has 0 aliphatic heterocycles. The lowest BCUT2D eigenvalue weighted by atomic mass is 10.0. The number of nitrogens with zero attached hydrogens (tertiary/aromatic N) is 3. The summed E-state index contributed by atoms with van der Waals surface area (Å²) >= 11 is 0. The molecule has 1 aliphatic rings. The molecule has 0 radical (unpaired) electrons. The number of aliphatic hydroxyl groups is 1. The van der Waals surface area contributed by atoms with Gasteiger partial charge in [-0.1, -0.05) is 23.8 Å². The lowest BCUT2D eigenvalue weighted by Crippen LogP contribution is -2.39. The van der Waals surface area contributed by atoms with Crippen molar-refractivity contribution in [2.75, 3.05) is 0 Å². The molecule has 1 aromatic carbocycles. The minimum Gasteiger partial charge on any atom is -0.384 e. The van der Waals surface area contributed by atoms with Crippen molar-refractivity contribution in [2.45, 2.75) is 51.3 Å². The van der Waals surface area contributed by atoms with E-state index in [0.717, 1.165) is 19.3 Å². The molecule has 25 heavy (non-hydrogen) atoms. The van der Waals surface area contributed by atoms with Crippen LogP contribution in [0.1, 0.15) is 49.2 Å². The normalized spacial score (nSPS) is 20.6. The van der Waals surface area contributed by atoms with E-state index in [1.807, 2.05) is 0 Å². The van der Waals surface area contributed by atoms with Gasteiger partial charge in [-0.3, -0.25) is 9.48 Å². The van der Waals surface area contributed by atoms with Crippen LogP contribution in [0, 0.1) is 11.7 Å². The second-order valence-electron chi connectivity index (χ2n) is 7.14. The Morgan fingerprint density at radius 1 is 1.40 bits per heavy atom. The zero-order valence-electron chi connectivity index (χ0n) is 14.4. The molecule has 1 amide bonds. The zero-order chi connectivity index (χ0) is 18.0. The molecule has 1 heterocycles. The summed E-state index contributed by atoms with van der Waals surface area (Å²) in [6.07, 6.45) is 4.55. The van der Waals surface area contributed by atoms with Crippen molar-refractivity contribution < 1.29 is 14.3 Å². The predicted octanol–water partition coefficient (Wildman–Crippen LogP) is 2.24. The number of hydrogen-bond acceptors (Lipinski definition) is 4. The van der Waals surface area contributed by atoms with E-state index in [0.29, 0.717) is 12.2 Å². The van der Waals surface area contributed by atoms with Gasteiger partial charge in [-0.05, 0) is 44.7 Å². The average molecular weight is 346 g/mol. The Bertz CT molecular complexity index is 754. The first kappa shape index (κ1) is 17.5. The zero-order valence-corrected chi connectivity index (χ0v) is 14.4. The summed E-state index contributed by atoms with van der Waals surface area (Å²) in [6.45, 7) is 3.92. The van der Waals surface area contributed by atoms with E-state index in [1.165, 1.54) is 12.1 Å². The molecule has 134 valence electrons. The van der Waals surface area contributed by atoms with Crippen LogP contribution in [0.5, 0.6) is 0 Å². The second-order valence-corrected chi connectivity index (χ2v) is 7.14. The minimum absolute atomic E-state index is 0.0260. The Morgan fingerprint density at radius 3 is 2.84 bits per heavy atom. The van der Waals surface area contributed by atoms with Gasteiger partial charge in [0.15, 0.2) is 0 Å². The fourth-order valence-electron chi connectivity index (χ4n) is 3.25. The third-order valence-electron chi connectivity index (χ3n) is 4.68. The second kappa shape index (κ2) is 6.92. The first-order valence-electron chi connectivity index (χ1n) is 8.53. The van der Waals surface area contributed by atoms with Crippen LogP contribution in [-0.2, 0) is 12.1 Å². The molecule has 0 spiro atoms. The molecular formula is C18H23FN4O2. The summed E-state index contributed by atoms with van der Waals surface area (Å²) in [6, 6.07) is 5.96. The lowest BCUT2D eigenvalue weighted by molar-refractivity contribution is 0.0737. The molecule has 1 fully saturated rings. The molecule has 2 atom stereocenters. The van der Waals surface area contributed by atoms with Gasteiger partial charge < -0.3 is 10.4 Å². The summed E-state index contributed by atoms with van der Waals surface area (Å²) in [5, 5.41) is 21.0. The molecule has 2 N–H and O–H groups in total. The molecule has 7 heteroatoms. The van der Waals surface area contributed by atoms with Gasteiger partial charge >= 0.3 is 0 Å². The molecule has 6 nitrogen and oxygen atoms in total. The van der Waals surface area contributed by atoms with Crippen molar-refractivity contribution >= 4 is 5.91 Å². The standard InChI is InChI=1S/C18H23FN4O2/c1-18(2,25)16-11-23(22-21-16)10-12-6-5-9-15(12)20-17(24)13-7-3-4-8-14(13)19/h3-4,7-8,11-12,15,25H,5-6,9-10H2,1-2H3,(H,20,24)/t12-,15-/m0/s1. The van der Waals surface area contributed by atoms with Crippen LogP contribution in [0.15, 0.2) is 30.5 Å². The van der Waals surface area contributed by atoms with E-state index in [9.17, 15) is 14.3 Å². The minimum atomic E-state index is -1.04. The molecule has 2 aromatic rings. The largest absolute Gasteiger partial charge is 0.384 e. The number of benzene rings is 1. The smallest absolute Gasteiger partial charge is 0.254 e. The highest BCUT2D eigenvalue weighted by Crippen LogP contribution is 2.28. The molecule has 1 aromatic heterocycles. The summed E-state index contributed by atoms with van der Waals surface area (Å²) in [7, 11) is 0. The van der Waals surface area contributed by atoms with Crippen LogP contribution < -0.4 is 5.32 Å². The van der Waals surface area contributed by atoms with Gasteiger partial charge in [0.25, 0.3) is 5.91 Å². The maximum absolute atomic E-state index is 13.8. The van der Waals surface area contributed by atoms with Crippen LogP contribution in [0.3, 0.4) is 0 Å². The van der Waals surface area contributed by atoms with Crippen molar-refractivity contribution in [3.05, 3.63) is 47.5 Å². The van der Waals surface area contributed by atoms with Crippen LogP contribution in [-0.4, -0.2) is 32.0 Å². The van der Waals surface area contributed by atoms with Crippen molar-refractivity contribution in [3.8, 4) is 0 Å². The average Bonchev–Trinajstić information content (AvgIpc) is 3.18. The van der Waals surface area contributed by atoms with E-state index in [-0.39, 0.29) is 23.4 Å². The van der Waals surface area contributed by atoms with Crippen LogP contribution >= 0.6 is 0 Å². The van der Waals surface area contributed by atoms with E-state index in [2.05, 4.69) is 15.6 Å². The fourth-order valence-corrected chi connectivity index (χ4v) is 3.25. The third kappa shape index (κ3) is 4.04. The maximum atomic E-state index is 13.8. The Hall–Kier alpha value is -2.28. The first-order valence-corrected chi connectivity index (χ1v) is 8.53. The monoisotopic (exact) mass is 346 g/mol. The summed E-state index contributed by atoms with van der Waals surface area (Å²) in [5.41, 5.74) is -0.456. The number of amides is 1. The summed E-state index contributed by atoms with van der Waals surface area (Å²) in [5.74, 6) is -0.696. The Morgan fingerprint density at radius 2 is 2.16 bits per heavy atom. The van der Waals surface area contributed by atoms with Gasteiger partial charge in [0.05, 0.1) is 11.8 Å². The summed E-state index contributed by atoms with van der Waals surface area (Å²) in [4.78, 5) is 12.3. The van der Waals surface area contributed by atoms with Gasteiger partial charge in [-0.15, -0.1) is 5.10 Å². The van der Waals surface area contributed by atoms with Crippen molar-refractivity contribution in [2.24, 2.45) is 5.92 Å². The quantitative estimate of drug-likeness (QED) is 0.870. The maximum Gasteiger partial charge on any atom is 0.254 e. The van der Waals surface area contributed by atoms with Crippen LogP contribution in [0.4, 0.5) is 4.39 Å². The van der Waals surface area contributed by atoms with E-state index >= 15 is 0 Å². The van der Waals surface area contributed by atoms with Gasteiger partial charge in [0.1, 0.15) is 17.1 Å². The predicted molar refractivity (Wildman–Crippen MR) is 90.3 cm³/mol. The third-order valence-corrected chi connectivity index (χ3v) is 4.68.